The number of hydrogen-bond acceptors (Lipinski definition) is 2. The molecule has 0 saturated heterocycles. The third-order valence-corrected chi connectivity index (χ3v) is 4.59. The van der Waals surface area contributed by atoms with Gasteiger partial charge in [0, 0.05) is 6.42 Å². The molecule has 0 spiro atoms. The van der Waals surface area contributed by atoms with Gasteiger partial charge in [-0.15, -0.1) is 0 Å². The van der Waals surface area contributed by atoms with Crippen molar-refractivity contribution in [3.05, 3.63) is 34.9 Å². The SMILES string of the molecule is Cc1ccc(CC(O)C2(O)CCCCCC2)cc1C. The van der Waals surface area contributed by atoms with Crippen LogP contribution in [0.4, 0.5) is 0 Å². The molecular formula is C17H26O2. The maximum Gasteiger partial charge on any atom is 0.0908 e. The summed E-state index contributed by atoms with van der Waals surface area (Å²) in [6, 6.07) is 6.28. The van der Waals surface area contributed by atoms with Crippen molar-refractivity contribution in [3.8, 4) is 0 Å². The van der Waals surface area contributed by atoms with Crippen molar-refractivity contribution in [2.45, 2.75) is 70.5 Å². The molecule has 1 aromatic carbocycles. The first-order chi connectivity index (χ1) is 9.01. The van der Waals surface area contributed by atoms with Crippen molar-refractivity contribution < 1.29 is 10.2 Å². The average molecular weight is 262 g/mol. The van der Waals surface area contributed by atoms with Crippen LogP contribution >= 0.6 is 0 Å². The number of benzene rings is 1. The van der Waals surface area contributed by atoms with Gasteiger partial charge in [-0.1, -0.05) is 43.9 Å². The highest BCUT2D eigenvalue weighted by Gasteiger charge is 2.35. The lowest BCUT2D eigenvalue weighted by Crippen LogP contribution is -2.43. The van der Waals surface area contributed by atoms with Crippen LogP contribution in [-0.4, -0.2) is 21.9 Å². The molecule has 0 heterocycles. The summed E-state index contributed by atoms with van der Waals surface area (Å²) < 4.78 is 0. The third-order valence-electron chi connectivity index (χ3n) is 4.59. The van der Waals surface area contributed by atoms with E-state index in [0.717, 1.165) is 31.2 Å². The molecule has 1 fully saturated rings. The van der Waals surface area contributed by atoms with Gasteiger partial charge in [0.25, 0.3) is 0 Å². The summed E-state index contributed by atoms with van der Waals surface area (Å²) in [5, 5.41) is 21.1. The second-order valence-corrected chi connectivity index (χ2v) is 6.16. The average Bonchev–Trinajstić information content (AvgIpc) is 2.60. The highest BCUT2D eigenvalue weighted by atomic mass is 16.3. The number of aryl methyl sites for hydroxylation is 2. The molecule has 2 heteroatoms. The maximum atomic E-state index is 10.7. The maximum absolute atomic E-state index is 10.7. The van der Waals surface area contributed by atoms with Gasteiger partial charge >= 0.3 is 0 Å². The van der Waals surface area contributed by atoms with Crippen molar-refractivity contribution in [2.75, 3.05) is 0 Å². The van der Waals surface area contributed by atoms with Crippen LogP contribution in [0.5, 0.6) is 0 Å². The smallest absolute Gasteiger partial charge is 0.0908 e. The highest BCUT2D eigenvalue weighted by Crippen LogP contribution is 2.31. The van der Waals surface area contributed by atoms with Crippen LogP contribution in [0.25, 0.3) is 0 Å². The van der Waals surface area contributed by atoms with Crippen molar-refractivity contribution in [1.82, 2.24) is 0 Å². The molecular weight excluding hydrogens is 236 g/mol. The minimum Gasteiger partial charge on any atom is -0.390 e. The fraction of sp³-hybridized carbons (Fsp3) is 0.647. The van der Waals surface area contributed by atoms with Gasteiger partial charge in [-0.05, 0) is 43.4 Å². The van der Waals surface area contributed by atoms with Crippen molar-refractivity contribution >= 4 is 0 Å². The Morgan fingerprint density at radius 2 is 1.68 bits per heavy atom. The van der Waals surface area contributed by atoms with E-state index in [-0.39, 0.29) is 0 Å². The van der Waals surface area contributed by atoms with E-state index in [1.165, 1.54) is 24.0 Å². The van der Waals surface area contributed by atoms with E-state index in [1.54, 1.807) is 0 Å². The van der Waals surface area contributed by atoms with Crippen LogP contribution in [0.1, 0.15) is 55.2 Å². The van der Waals surface area contributed by atoms with E-state index in [2.05, 4.69) is 32.0 Å². The van der Waals surface area contributed by atoms with E-state index >= 15 is 0 Å². The van der Waals surface area contributed by atoms with Crippen molar-refractivity contribution in [2.24, 2.45) is 0 Å². The third kappa shape index (κ3) is 3.58. The minimum atomic E-state index is -0.880. The lowest BCUT2D eigenvalue weighted by molar-refractivity contribution is -0.0836. The summed E-state index contributed by atoms with van der Waals surface area (Å²) in [4.78, 5) is 0. The van der Waals surface area contributed by atoms with Crippen molar-refractivity contribution in [3.63, 3.8) is 0 Å². The van der Waals surface area contributed by atoms with Gasteiger partial charge in [0.1, 0.15) is 0 Å². The standard InChI is InChI=1S/C17H26O2/c1-13-7-8-15(11-14(13)2)12-16(18)17(19)9-5-3-4-6-10-17/h7-8,11,16,18-19H,3-6,9-10,12H2,1-2H3. The molecule has 106 valence electrons. The van der Waals surface area contributed by atoms with Gasteiger partial charge in [0.15, 0.2) is 0 Å². The predicted molar refractivity (Wildman–Crippen MR) is 78.3 cm³/mol. The molecule has 0 amide bonds. The van der Waals surface area contributed by atoms with E-state index in [9.17, 15) is 10.2 Å². The Bertz CT molecular complexity index is 417. The number of hydrogen-bond donors (Lipinski definition) is 2. The molecule has 1 atom stereocenters. The van der Waals surface area contributed by atoms with Gasteiger partial charge in [-0.2, -0.15) is 0 Å². The molecule has 1 unspecified atom stereocenters. The lowest BCUT2D eigenvalue weighted by atomic mass is 9.85. The zero-order valence-corrected chi connectivity index (χ0v) is 12.2. The fourth-order valence-electron chi connectivity index (χ4n) is 3.02. The summed E-state index contributed by atoms with van der Waals surface area (Å²) in [7, 11) is 0. The van der Waals surface area contributed by atoms with E-state index < -0.39 is 11.7 Å². The molecule has 2 rings (SSSR count). The number of rotatable bonds is 3. The first kappa shape index (κ1) is 14.5. The Kier molecular flexibility index (Phi) is 4.64. The van der Waals surface area contributed by atoms with Gasteiger partial charge in [-0.3, -0.25) is 0 Å². The molecule has 0 aliphatic heterocycles. The highest BCUT2D eigenvalue weighted by molar-refractivity contribution is 5.30. The van der Waals surface area contributed by atoms with Gasteiger partial charge < -0.3 is 10.2 Å². The summed E-state index contributed by atoms with van der Waals surface area (Å²) in [6.45, 7) is 4.18. The summed E-state index contributed by atoms with van der Waals surface area (Å²) in [5.41, 5.74) is 2.76. The van der Waals surface area contributed by atoms with Crippen LogP contribution in [0.2, 0.25) is 0 Å². The fourth-order valence-corrected chi connectivity index (χ4v) is 3.02. The largest absolute Gasteiger partial charge is 0.390 e. The molecule has 0 aromatic heterocycles. The van der Waals surface area contributed by atoms with Gasteiger partial charge in [-0.25, -0.2) is 0 Å². The van der Waals surface area contributed by atoms with Crippen LogP contribution in [0, 0.1) is 13.8 Å². The predicted octanol–water partition coefficient (Wildman–Crippen LogP) is 3.29. The summed E-state index contributed by atoms with van der Waals surface area (Å²) in [6.07, 6.45) is 5.79. The van der Waals surface area contributed by atoms with Crippen LogP contribution < -0.4 is 0 Å². The Hall–Kier alpha value is -0.860. The van der Waals surface area contributed by atoms with E-state index in [1.807, 2.05) is 0 Å². The summed E-state index contributed by atoms with van der Waals surface area (Å²) in [5.74, 6) is 0. The molecule has 2 N–H and O–H groups in total. The minimum absolute atomic E-state index is 0.553. The molecule has 0 bridgehead atoms. The van der Waals surface area contributed by atoms with E-state index in [0.29, 0.717) is 6.42 Å². The Labute approximate surface area is 116 Å². The van der Waals surface area contributed by atoms with Crippen LogP contribution in [0.15, 0.2) is 18.2 Å². The number of aliphatic hydroxyl groups excluding tert-OH is 1. The second-order valence-electron chi connectivity index (χ2n) is 6.16. The molecule has 1 aliphatic carbocycles. The lowest BCUT2D eigenvalue weighted by Gasteiger charge is -2.32. The topological polar surface area (TPSA) is 40.5 Å². The van der Waals surface area contributed by atoms with Crippen molar-refractivity contribution in [1.29, 1.82) is 0 Å². The molecule has 1 saturated carbocycles. The monoisotopic (exact) mass is 262 g/mol. The second kappa shape index (κ2) is 6.06. The zero-order chi connectivity index (χ0) is 13.9. The first-order valence-corrected chi connectivity index (χ1v) is 7.48. The first-order valence-electron chi connectivity index (χ1n) is 7.48. The zero-order valence-electron chi connectivity index (χ0n) is 12.2. The van der Waals surface area contributed by atoms with Gasteiger partial charge in [0.2, 0.25) is 0 Å². The molecule has 1 aliphatic rings. The Morgan fingerprint density at radius 3 is 2.26 bits per heavy atom. The normalized spacial score (nSPS) is 20.8. The van der Waals surface area contributed by atoms with E-state index in [4.69, 9.17) is 0 Å². The van der Waals surface area contributed by atoms with Crippen LogP contribution in [-0.2, 0) is 6.42 Å². The molecule has 1 aromatic rings. The Balaban J connectivity index is 2.06. The Morgan fingerprint density at radius 1 is 1.05 bits per heavy atom. The molecule has 2 nitrogen and oxygen atoms in total. The van der Waals surface area contributed by atoms with Gasteiger partial charge in [0.05, 0.1) is 11.7 Å². The number of aliphatic hydroxyl groups is 2. The molecule has 0 radical (unpaired) electrons. The quantitative estimate of drug-likeness (QED) is 0.821. The molecule has 19 heavy (non-hydrogen) atoms. The van der Waals surface area contributed by atoms with Crippen LogP contribution in [0.3, 0.4) is 0 Å². The summed E-state index contributed by atoms with van der Waals surface area (Å²) >= 11 is 0.